The van der Waals surface area contributed by atoms with E-state index in [9.17, 15) is 4.79 Å². The van der Waals surface area contributed by atoms with Gasteiger partial charge in [-0.1, -0.05) is 68.1 Å². The predicted octanol–water partition coefficient (Wildman–Crippen LogP) is 5.19. The van der Waals surface area contributed by atoms with Crippen molar-refractivity contribution in [3.8, 4) is 5.69 Å². The van der Waals surface area contributed by atoms with Crippen molar-refractivity contribution in [2.45, 2.75) is 52.2 Å². The maximum Gasteiger partial charge on any atom is 0.230 e. The molecule has 0 radical (unpaired) electrons. The number of amides is 1. The lowest BCUT2D eigenvalue weighted by Gasteiger charge is -2.21. The van der Waals surface area contributed by atoms with Gasteiger partial charge in [-0.3, -0.25) is 9.36 Å². The fourth-order valence-electron chi connectivity index (χ4n) is 3.48. The molecule has 5 nitrogen and oxygen atoms in total. The molecule has 1 N–H and O–H groups in total. The van der Waals surface area contributed by atoms with Gasteiger partial charge >= 0.3 is 0 Å². The van der Waals surface area contributed by atoms with Gasteiger partial charge in [0.05, 0.1) is 17.5 Å². The molecule has 1 unspecified atom stereocenters. The highest BCUT2D eigenvalue weighted by atomic mass is 32.2. The van der Waals surface area contributed by atoms with E-state index in [4.69, 9.17) is 0 Å². The van der Waals surface area contributed by atoms with Crippen LogP contribution in [0.1, 0.15) is 48.8 Å². The van der Waals surface area contributed by atoms with E-state index >= 15 is 0 Å². The first-order valence-electron chi connectivity index (χ1n) is 10.3. The van der Waals surface area contributed by atoms with Gasteiger partial charge in [0.1, 0.15) is 5.82 Å². The first kappa shape index (κ1) is 22.1. The van der Waals surface area contributed by atoms with Crippen LogP contribution in [0.5, 0.6) is 0 Å². The number of carbonyl (C=O) groups is 1. The Hall–Kier alpha value is -2.60. The third-order valence-corrected chi connectivity index (χ3v) is 5.91. The summed E-state index contributed by atoms with van der Waals surface area (Å²) in [6.45, 7) is 10.4. The monoisotopic (exact) mass is 422 g/mol. The second-order valence-electron chi connectivity index (χ2n) is 8.10. The molecule has 30 heavy (non-hydrogen) atoms. The number of rotatable bonds is 8. The molecule has 0 spiro atoms. The normalized spacial score (nSPS) is 12.2. The number of benzene rings is 2. The summed E-state index contributed by atoms with van der Waals surface area (Å²) in [5, 5.41) is 12.5. The molecule has 0 fully saturated rings. The Morgan fingerprint density at radius 1 is 1.07 bits per heavy atom. The summed E-state index contributed by atoms with van der Waals surface area (Å²) in [5.41, 5.74) is 4.52. The molecule has 3 rings (SSSR count). The Bertz CT molecular complexity index is 998. The van der Waals surface area contributed by atoms with E-state index in [-0.39, 0.29) is 11.9 Å². The van der Waals surface area contributed by atoms with Gasteiger partial charge in [-0.15, -0.1) is 10.2 Å². The molecule has 3 aromatic rings. The molecule has 1 atom stereocenters. The van der Waals surface area contributed by atoms with E-state index in [1.54, 1.807) is 0 Å². The molecule has 1 aromatic heterocycles. The third kappa shape index (κ3) is 5.51. The van der Waals surface area contributed by atoms with Crippen LogP contribution in [0.15, 0.2) is 53.7 Å². The topological polar surface area (TPSA) is 59.8 Å². The number of aromatic nitrogens is 3. The Morgan fingerprint density at radius 3 is 2.50 bits per heavy atom. The van der Waals surface area contributed by atoms with E-state index < -0.39 is 0 Å². The van der Waals surface area contributed by atoms with Crippen molar-refractivity contribution in [1.82, 2.24) is 20.1 Å². The number of hydrogen-bond donors (Lipinski definition) is 1. The summed E-state index contributed by atoms with van der Waals surface area (Å²) in [6.07, 6.45) is 0.901. The van der Waals surface area contributed by atoms with E-state index in [2.05, 4.69) is 73.5 Å². The number of nitrogens with one attached hydrogen (secondary N) is 1. The second kappa shape index (κ2) is 9.94. The van der Waals surface area contributed by atoms with Crippen LogP contribution in [-0.2, 0) is 4.79 Å². The van der Waals surface area contributed by atoms with Gasteiger partial charge in [0.25, 0.3) is 0 Å². The number of carbonyl (C=O) groups excluding carboxylic acids is 1. The minimum absolute atomic E-state index is 0.00247. The van der Waals surface area contributed by atoms with E-state index in [1.807, 2.05) is 29.7 Å². The van der Waals surface area contributed by atoms with Crippen molar-refractivity contribution in [3.05, 3.63) is 71.0 Å². The molecule has 0 saturated heterocycles. The quantitative estimate of drug-likeness (QED) is 0.508. The van der Waals surface area contributed by atoms with Crippen molar-refractivity contribution in [2.75, 3.05) is 5.75 Å². The number of aryl methyl sites for hydroxylation is 3. The summed E-state index contributed by atoms with van der Waals surface area (Å²) in [7, 11) is 0. The minimum atomic E-state index is 0.00247. The Kier molecular flexibility index (Phi) is 7.32. The fraction of sp³-hybridized carbons (Fsp3) is 0.375. The zero-order valence-corrected chi connectivity index (χ0v) is 19.2. The standard InChI is InChI=1S/C24H30N4OS/c1-16(2)13-21(20-9-7-6-8-10-20)25-23(29)15-30-24-27-26-19(5)28(24)22-14-17(3)11-12-18(22)4/h6-12,14,16,21H,13,15H2,1-5H3,(H,25,29). The van der Waals surface area contributed by atoms with Crippen LogP contribution in [0.2, 0.25) is 0 Å². The molecule has 0 aliphatic carbocycles. The Labute approximate surface area is 183 Å². The van der Waals surface area contributed by atoms with Crippen molar-refractivity contribution in [1.29, 1.82) is 0 Å². The average molecular weight is 423 g/mol. The molecule has 0 aliphatic rings. The van der Waals surface area contributed by atoms with Crippen molar-refractivity contribution in [3.63, 3.8) is 0 Å². The van der Waals surface area contributed by atoms with Crippen LogP contribution >= 0.6 is 11.8 Å². The van der Waals surface area contributed by atoms with Gasteiger partial charge in [0.2, 0.25) is 5.91 Å². The van der Waals surface area contributed by atoms with Gasteiger partial charge < -0.3 is 5.32 Å². The maximum atomic E-state index is 12.8. The first-order valence-corrected chi connectivity index (χ1v) is 11.3. The van der Waals surface area contributed by atoms with Crippen LogP contribution in [0.25, 0.3) is 5.69 Å². The van der Waals surface area contributed by atoms with E-state index in [0.717, 1.165) is 34.2 Å². The third-order valence-electron chi connectivity index (χ3n) is 4.98. The highest BCUT2D eigenvalue weighted by molar-refractivity contribution is 7.99. The number of hydrogen-bond acceptors (Lipinski definition) is 4. The average Bonchev–Trinajstić information content (AvgIpc) is 3.08. The Balaban J connectivity index is 1.73. The lowest BCUT2D eigenvalue weighted by atomic mass is 9.97. The smallest absolute Gasteiger partial charge is 0.230 e. The first-order chi connectivity index (χ1) is 14.3. The SMILES string of the molecule is Cc1ccc(C)c(-n2c(C)nnc2SCC(=O)NC(CC(C)C)c2ccccc2)c1. The molecule has 1 amide bonds. The molecule has 158 valence electrons. The molecular weight excluding hydrogens is 392 g/mol. The highest BCUT2D eigenvalue weighted by Gasteiger charge is 2.18. The maximum absolute atomic E-state index is 12.8. The van der Waals surface area contributed by atoms with E-state index in [0.29, 0.717) is 11.7 Å². The molecule has 0 bridgehead atoms. The van der Waals surface area contributed by atoms with Gasteiger partial charge in [0.15, 0.2) is 5.16 Å². The van der Waals surface area contributed by atoms with Gasteiger partial charge in [-0.25, -0.2) is 0 Å². The fourth-order valence-corrected chi connectivity index (χ4v) is 4.28. The van der Waals surface area contributed by atoms with Crippen LogP contribution in [0.4, 0.5) is 0 Å². The molecular formula is C24H30N4OS. The predicted molar refractivity (Wildman–Crippen MR) is 123 cm³/mol. The zero-order valence-electron chi connectivity index (χ0n) is 18.3. The van der Waals surface area contributed by atoms with Gasteiger partial charge in [-0.2, -0.15) is 0 Å². The zero-order chi connectivity index (χ0) is 21.7. The Morgan fingerprint density at radius 2 is 1.80 bits per heavy atom. The molecule has 0 saturated carbocycles. The lowest BCUT2D eigenvalue weighted by molar-refractivity contribution is -0.119. The van der Waals surface area contributed by atoms with Crippen molar-refractivity contribution < 1.29 is 4.79 Å². The van der Waals surface area contributed by atoms with Crippen LogP contribution in [0.3, 0.4) is 0 Å². The summed E-state index contributed by atoms with van der Waals surface area (Å²) >= 11 is 1.42. The van der Waals surface area contributed by atoms with Crippen LogP contribution in [-0.4, -0.2) is 26.4 Å². The van der Waals surface area contributed by atoms with Crippen LogP contribution in [0, 0.1) is 26.7 Å². The minimum Gasteiger partial charge on any atom is -0.349 e. The van der Waals surface area contributed by atoms with Gasteiger partial charge in [-0.05, 0) is 55.9 Å². The largest absolute Gasteiger partial charge is 0.349 e. The molecule has 6 heteroatoms. The second-order valence-corrected chi connectivity index (χ2v) is 9.05. The molecule has 1 heterocycles. The highest BCUT2D eigenvalue weighted by Crippen LogP contribution is 2.26. The summed E-state index contributed by atoms with van der Waals surface area (Å²) in [6, 6.07) is 16.5. The molecule has 0 aliphatic heterocycles. The van der Waals surface area contributed by atoms with E-state index in [1.165, 1.54) is 17.3 Å². The number of thioether (sulfide) groups is 1. The summed E-state index contributed by atoms with van der Waals surface area (Å²) < 4.78 is 2.03. The summed E-state index contributed by atoms with van der Waals surface area (Å²) in [5.74, 6) is 1.60. The lowest BCUT2D eigenvalue weighted by Crippen LogP contribution is -2.31. The van der Waals surface area contributed by atoms with Crippen LogP contribution < -0.4 is 5.32 Å². The molecule has 2 aromatic carbocycles. The van der Waals surface area contributed by atoms with Crippen molar-refractivity contribution in [2.24, 2.45) is 5.92 Å². The van der Waals surface area contributed by atoms with Gasteiger partial charge in [0, 0.05) is 0 Å². The van der Waals surface area contributed by atoms with Crippen molar-refractivity contribution >= 4 is 17.7 Å². The summed E-state index contributed by atoms with van der Waals surface area (Å²) in [4.78, 5) is 12.8. The number of nitrogens with zero attached hydrogens (tertiary/aromatic N) is 3.